The average molecular weight is 1430 g/mol. The molecule has 3 spiro atoms. The number of rotatable bonds is 23. The quantitative estimate of drug-likeness (QED) is 0.0325. The van der Waals surface area contributed by atoms with Gasteiger partial charge in [-0.3, -0.25) is 9.59 Å². The molecule has 2 amide bonds. The highest BCUT2D eigenvalue weighted by atomic mass is 32.2. The number of aryl methyl sites for hydroxylation is 2. The van der Waals surface area contributed by atoms with Gasteiger partial charge in [0.2, 0.25) is 39.3 Å². The Morgan fingerprint density at radius 2 is 0.702 bits per heavy atom. The van der Waals surface area contributed by atoms with E-state index in [9.17, 15) is 18.0 Å². The highest BCUT2D eigenvalue weighted by Crippen LogP contribution is 2.46. The minimum Gasteiger partial charge on any atom is -0.482 e. The first-order chi connectivity index (χ1) is 50.6. The molecule has 3 saturated heterocycles. The highest BCUT2D eigenvalue weighted by Gasteiger charge is 2.40. The summed E-state index contributed by atoms with van der Waals surface area (Å²) < 4.78 is 44.3. The number of tetrazole rings is 3. The third-order valence-corrected chi connectivity index (χ3v) is 20.2. The van der Waals surface area contributed by atoms with Crippen molar-refractivity contribution in [3.63, 3.8) is 0 Å². The molecule has 0 bridgehead atoms. The summed E-state index contributed by atoms with van der Waals surface area (Å²) in [6.45, 7) is 12.2. The smallest absolute Gasteiger partial charge is 0.216 e. The van der Waals surface area contributed by atoms with Gasteiger partial charge in [0.05, 0.1) is 25.9 Å². The SMILES string of the molecule is CC(=O)NCCCCCCn1nnc(-c2ccc(C3=CC4(CCNCC4)Oc4ccccc43)cc2)n1.CC(=O)NCCCCCn1nnc(-c2ccc(C3=CC4(CCNCC4)Oc4ccccc43)cc2)n1.CS(=O)(=O)NCCn1nnc(-c2ccc(C3=CC4(CCNCC4)Oc4ccccc43)cc2)n1. The molecule has 26 heteroatoms. The second-order valence-electron chi connectivity index (χ2n) is 27.4. The molecule has 104 heavy (non-hydrogen) atoms. The third kappa shape index (κ3) is 18.6. The maximum atomic E-state index is 11.2. The van der Waals surface area contributed by atoms with Gasteiger partial charge in [0.15, 0.2) is 0 Å². The minimum atomic E-state index is -3.24. The van der Waals surface area contributed by atoms with Crippen molar-refractivity contribution >= 4 is 38.6 Å². The average Bonchev–Trinajstić information content (AvgIpc) is 1.13. The number of nitrogens with zero attached hydrogens (tertiary/aromatic N) is 12. The van der Waals surface area contributed by atoms with Crippen LogP contribution >= 0.6 is 0 Å². The number of benzene rings is 6. The number of aromatic nitrogens is 12. The lowest BCUT2D eigenvalue weighted by atomic mass is 9.83. The largest absolute Gasteiger partial charge is 0.482 e. The van der Waals surface area contributed by atoms with E-state index in [1.165, 1.54) is 34.0 Å². The molecule has 9 aromatic rings. The molecule has 0 saturated carbocycles. The number of hydrogen-bond acceptors (Lipinski definition) is 19. The molecule has 3 fully saturated rings. The van der Waals surface area contributed by atoms with Gasteiger partial charge in [-0.25, -0.2) is 13.1 Å². The van der Waals surface area contributed by atoms with Gasteiger partial charge < -0.3 is 40.8 Å². The van der Waals surface area contributed by atoms with E-state index in [2.05, 4.69) is 199 Å². The van der Waals surface area contributed by atoms with Gasteiger partial charge in [0.25, 0.3) is 0 Å². The Morgan fingerprint density at radius 1 is 0.404 bits per heavy atom. The fraction of sp³-hybridized carbons (Fsp3) is 0.397. The first-order valence-corrected chi connectivity index (χ1v) is 38.3. The normalized spacial score (nSPS) is 16.6. The lowest BCUT2D eigenvalue weighted by Crippen LogP contribution is -2.46. The molecule has 25 nitrogen and oxygen atoms in total. The second-order valence-corrected chi connectivity index (χ2v) is 29.2. The van der Waals surface area contributed by atoms with Gasteiger partial charge in [-0.2, -0.15) is 14.4 Å². The number of hydrogen-bond donors (Lipinski definition) is 6. The predicted molar refractivity (Wildman–Crippen MR) is 399 cm³/mol. The molecule has 15 rings (SSSR count). The fourth-order valence-corrected chi connectivity index (χ4v) is 14.5. The summed E-state index contributed by atoms with van der Waals surface area (Å²) in [5.74, 6) is 4.65. The number of amides is 2. The first kappa shape index (κ1) is 72.2. The Hall–Kier alpha value is -10.1. The van der Waals surface area contributed by atoms with Crippen molar-refractivity contribution in [1.82, 2.24) is 91.9 Å². The Balaban J connectivity index is 0.000000139. The number of unbranched alkanes of at least 4 members (excludes halogenated alkanes) is 5. The van der Waals surface area contributed by atoms with E-state index in [0.29, 0.717) is 37.1 Å². The van der Waals surface area contributed by atoms with E-state index >= 15 is 0 Å². The van der Waals surface area contributed by atoms with Crippen molar-refractivity contribution in [3.05, 3.63) is 197 Å². The fourth-order valence-electron chi connectivity index (χ4n) is 14.0. The number of para-hydroxylation sites is 3. The number of ether oxygens (including phenoxy) is 3. The molecule has 0 atom stereocenters. The summed E-state index contributed by atoms with van der Waals surface area (Å²) in [7, 11) is -3.24. The van der Waals surface area contributed by atoms with Gasteiger partial charge in [-0.1, -0.05) is 140 Å². The van der Waals surface area contributed by atoms with Gasteiger partial charge >= 0.3 is 0 Å². The Morgan fingerprint density at radius 3 is 1.03 bits per heavy atom. The Bertz CT molecular complexity index is 4610. The van der Waals surface area contributed by atoms with E-state index in [1.54, 1.807) is 16.5 Å². The zero-order valence-electron chi connectivity index (χ0n) is 59.4. The lowest BCUT2D eigenvalue weighted by Gasteiger charge is -2.40. The van der Waals surface area contributed by atoms with Crippen LogP contribution in [0.4, 0.5) is 0 Å². The van der Waals surface area contributed by atoms with Crippen LogP contribution in [0.5, 0.6) is 17.2 Å². The topological polar surface area (TPSA) is 299 Å². The summed E-state index contributed by atoms with van der Waals surface area (Å²) in [5, 5.41) is 54.6. The predicted octanol–water partition coefficient (Wildman–Crippen LogP) is 9.41. The number of fused-ring (bicyclic) bond motifs is 3. The van der Waals surface area contributed by atoms with Crippen LogP contribution in [-0.4, -0.2) is 163 Å². The van der Waals surface area contributed by atoms with Crippen LogP contribution in [0.1, 0.15) is 131 Å². The summed E-state index contributed by atoms with van der Waals surface area (Å²) >= 11 is 0. The molecule has 6 aromatic carbocycles. The van der Waals surface area contributed by atoms with E-state index in [4.69, 9.17) is 14.2 Å². The monoisotopic (exact) mass is 1420 g/mol. The number of sulfonamides is 1. The number of carbonyl (C=O) groups excluding carboxylic acids is 2. The molecule has 6 aliphatic rings. The standard InChI is InChI=1S/C28H34N6O2.C27H32N6O2.C23H26N6O3S/c1-21(35)30-16-6-2-3-7-19-34-32-27(31-33-34)23-12-10-22(11-13-23)25-20-28(14-17-29-18-15-28)36-26-9-5-4-8-24(25)26;1-20(34)29-15-5-2-6-18-33-31-26(30-32-33)22-11-9-21(10-12-22)24-19-27(13-16-28-17-14-27)35-25-8-4-3-7-23(24)25;1-33(30,31)25-14-15-29-27-22(26-28-29)18-8-6-17(7-9-18)20-16-23(10-12-24-13-11-23)32-21-5-3-2-4-19(20)21/h4-5,8-13,20,29H,2-3,6-7,14-19H2,1H3,(H,30,35);3-4,7-12,19,28H,2,5-6,13-18H2,1H3,(H,29,34);2-9,16,24-25H,10-15H2,1H3. The lowest BCUT2D eigenvalue weighted by molar-refractivity contribution is -0.119. The molecule has 9 heterocycles. The Kier molecular flexibility index (Phi) is 23.3. The van der Waals surface area contributed by atoms with E-state index < -0.39 is 10.0 Å². The second kappa shape index (κ2) is 33.5. The molecule has 6 aliphatic heterocycles. The highest BCUT2D eigenvalue weighted by molar-refractivity contribution is 7.88. The van der Waals surface area contributed by atoms with Crippen molar-refractivity contribution in [2.75, 3.05) is 65.2 Å². The zero-order chi connectivity index (χ0) is 71.8. The van der Waals surface area contributed by atoms with Crippen molar-refractivity contribution in [1.29, 1.82) is 0 Å². The maximum Gasteiger partial charge on any atom is 0.216 e. The third-order valence-electron chi connectivity index (χ3n) is 19.5. The summed E-state index contributed by atoms with van der Waals surface area (Å²) in [5.41, 5.74) is 12.4. The summed E-state index contributed by atoms with van der Waals surface area (Å²) in [4.78, 5) is 26.5. The molecule has 0 aliphatic carbocycles. The van der Waals surface area contributed by atoms with Crippen molar-refractivity contribution in [2.24, 2.45) is 0 Å². The summed E-state index contributed by atoms with van der Waals surface area (Å²) in [6.07, 6.45) is 20.8. The van der Waals surface area contributed by atoms with Crippen LogP contribution in [0.2, 0.25) is 0 Å². The van der Waals surface area contributed by atoms with Crippen LogP contribution in [0.15, 0.2) is 164 Å². The van der Waals surface area contributed by atoms with Crippen LogP contribution in [-0.2, 0) is 39.2 Å². The number of nitrogens with one attached hydrogen (secondary N) is 6. The summed E-state index contributed by atoms with van der Waals surface area (Å²) in [6, 6.07) is 49.8. The van der Waals surface area contributed by atoms with Gasteiger partial charge in [-0.15, -0.1) is 30.6 Å². The molecule has 542 valence electrons. The van der Waals surface area contributed by atoms with Gasteiger partial charge in [0, 0.05) is 105 Å². The Labute approximate surface area is 607 Å². The van der Waals surface area contributed by atoms with E-state index in [-0.39, 0.29) is 35.2 Å². The number of carbonyl (C=O) groups is 2. The maximum absolute atomic E-state index is 11.2. The van der Waals surface area contributed by atoms with Crippen LogP contribution < -0.4 is 45.5 Å². The molecule has 6 N–H and O–H groups in total. The molecule has 0 unspecified atom stereocenters. The van der Waals surface area contributed by atoms with Crippen LogP contribution in [0, 0.1) is 0 Å². The minimum absolute atomic E-state index is 0.0155. The molecule has 0 radical (unpaired) electrons. The van der Waals surface area contributed by atoms with E-state index in [0.717, 1.165) is 204 Å². The molecular formula is C78H92N18O7S. The molecule has 3 aromatic heterocycles. The van der Waals surface area contributed by atoms with Crippen molar-refractivity contribution in [3.8, 4) is 51.4 Å². The van der Waals surface area contributed by atoms with Crippen LogP contribution in [0.3, 0.4) is 0 Å². The zero-order valence-corrected chi connectivity index (χ0v) is 60.2. The molecular weight excluding hydrogens is 1330 g/mol. The van der Waals surface area contributed by atoms with Crippen molar-refractivity contribution in [2.45, 2.75) is 134 Å². The van der Waals surface area contributed by atoms with Gasteiger partial charge in [-0.05, 0) is 157 Å². The van der Waals surface area contributed by atoms with Gasteiger partial charge in [0.1, 0.15) is 34.1 Å². The number of piperidine rings is 3. The first-order valence-electron chi connectivity index (χ1n) is 36.4. The van der Waals surface area contributed by atoms with Crippen LogP contribution in [0.25, 0.3) is 50.9 Å². The van der Waals surface area contributed by atoms with Crippen molar-refractivity contribution < 1.29 is 32.2 Å². The van der Waals surface area contributed by atoms with E-state index in [1.807, 2.05) is 42.5 Å².